The molecule has 4 rings (SSSR count). The molecule has 7 nitrogen and oxygen atoms in total. The fourth-order valence-electron chi connectivity index (χ4n) is 3.99. The molecule has 0 bridgehead atoms. The summed E-state index contributed by atoms with van der Waals surface area (Å²) in [6, 6.07) is 5.28. The second-order valence-corrected chi connectivity index (χ2v) is 7.29. The topological polar surface area (TPSA) is 67.8 Å². The van der Waals surface area contributed by atoms with Gasteiger partial charge in [-0.15, -0.1) is 0 Å². The zero-order valence-corrected chi connectivity index (χ0v) is 16.7. The number of amides is 1. The summed E-state index contributed by atoms with van der Waals surface area (Å²) in [5.74, 6) is 2.99. The number of ether oxygens (including phenoxy) is 2. The molecule has 0 aliphatic carbocycles. The molecule has 2 aliphatic rings. The van der Waals surface area contributed by atoms with Gasteiger partial charge in [-0.25, -0.2) is 9.97 Å². The second-order valence-electron chi connectivity index (χ2n) is 7.29. The first kappa shape index (κ1) is 18.5. The van der Waals surface area contributed by atoms with Crippen LogP contribution in [-0.4, -0.2) is 54.6 Å². The van der Waals surface area contributed by atoms with Gasteiger partial charge in [-0.3, -0.25) is 4.79 Å². The highest BCUT2D eigenvalue weighted by Gasteiger charge is 2.29. The molecule has 1 amide bonds. The summed E-state index contributed by atoms with van der Waals surface area (Å²) in [7, 11) is 3.17. The van der Waals surface area contributed by atoms with E-state index in [2.05, 4.69) is 9.88 Å². The zero-order chi connectivity index (χ0) is 19.7. The predicted octanol–water partition coefficient (Wildman–Crippen LogP) is 2.60. The third kappa shape index (κ3) is 3.48. The van der Waals surface area contributed by atoms with Crippen LogP contribution >= 0.6 is 0 Å². The molecular formula is C21H26N4O3. The van der Waals surface area contributed by atoms with Gasteiger partial charge in [0, 0.05) is 43.2 Å². The quantitative estimate of drug-likeness (QED) is 0.810. The summed E-state index contributed by atoms with van der Waals surface area (Å²) in [5.41, 5.74) is 2.72. The number of rotatable bonds is 4. The van der Waals surface area contributed by atoms with E-state index in [0.29, 0.717) is 30.2 Å². The summed E-state index contributed by atoms with van der Waals surface area (Å²) in [6.45, 7) is 5.15. The van der Waals surface area contributed by atoms with Gasteiger partial charge in [0.1, 0.15) is 23.1 Å². The number of fused-ring (bicyclic) bond motifs is 1. The Bertz CT molecular complexity index is 871. The number of aryl methyl sites for hydroxylation is 1. The molecule has 148 valence electrons. The zero-order valence-electron chi connectivity index (χ0n) is 16.7. The van der Waals surface area contributed by atoms with E-state index >= 15 is 0 Å². The van der Waals surface area contributed by atoms with Crippen LogP contribution in [0.5, 0.6) is 11.5 Å². The maximum Gasteiger partial charge on any atom is 0.254 e. The van der Waals surface area contributed by atoms with E-state index in [-0.39, 0.29) is 5.91 Å². The van der Waals surface area contributed by atoms with Crippen molar-refractivity contribution in [1.29, 1.82) is 0 Å². The van der Waals surface area contributed by atoms with E-state index in [9.17, 15) is 4.79 Å². The molecule has 1 fully saturated rings. The minimum absolute atomic E-state index is 0.0317. The number of aromatic nitrogens is 2. The molecule has 0 radical (unpaired) electrons. The van der Waals surface area contributed by atoms with Crippen LogP contribution in [0.3, 0.4) is 0 Å². The van der Waals surface area contributed by atoms with E-state index in [0.717, 1.165) is 42.4 Å². The monoisotopic (exact) mass is 382 g/mol. The van der Waals surface area contributed by atoms with Gasteiger partial charge in [-0.05, 0) is 31.9 Å². The molecule has 0 unspecified atom stereocenters. The van der Waals surface area contributed by atoms with Crippen LogP contribution < -0.4 is 14.4 Å². The lowest BCUT2D eigenvalue weighted by Gasteiger charge is -2.31. The summed E-state index contributed by atoms with van der Waals surface area (Å²) in [6.07, 6.45) is 3.11. The van der Waals surface area contributed by atoms with Gasteiger partial charge in [-0.1, -0.05) is 0 Å². The Morgan fingerprint density at radius 3 is 2.32 bits per heavy atom. The Labute approximate surface area is 165 Å². The van der Waals surface area contributed by atoms with Crippen molar-refractivity contribution >= 4 is 11.7 Å². The van der Waals surface area contributed by atoms with Crippen molar-refractivity contribution < 1.29 is 14.3 Å². The average Bonchev–Trinajstić information content (AvgIpc) is 3.26. The Morgan fingerprint density at radius 1 is 1.00 bits per heavy atom. The molecule has 2 aromatic rings. The van der Waals surface area contributed by atoms with Gasteiger partial charge < -0.3 is 19.3 Å². The second kappa shape index (κ2) is 7.66. The number of benzene rings is 1. The first-order chi connectivity index (χ1) is 13.6. The van der Waals surface area contributed by atoms with Crippen molar-refractivity contribution in [3.8, 4) is 11.5 Å². The van der Waals surface area contributed by atoms with Crippen molar-refractivity contribution in [3.05, 3.63) is 40.8 Å². The predicted molar refractivity (Wildman–Crippen MR) is 106 cm³/mol. The minimum atomic E-state index is -0.0317. The third-order valence-corrected chi connectivity index (χ3v) is 5.44. The number of hydrogen-bond acceptors (Lipinski definition) is 6. The highest BCUT2D eigenvalue weighted by atomic mass is 16.5. The van der Waals surface area contributed by atoms with Gasteiger partial charge in [0.2, 0.25) is 0 Å². The molecule has 28 heavy (non-hydrogen) atoms. The van der Waals surface area contributed by atoms with Gasteiger partial charge >= 0.3 is 0 Å². The molecule has 1 saturated heterocycles. The smallest absolute Gasteiger partial charge is 0.254 e. The maximum atomic E-state index is 13.2. The first-order valence-corrected chi connectivity index (χ1v) is 9.72. The van der Waals surface area contributed by atoms with Crippen LogP contribution in [0, 0.1) is 6.92 Å². The summed E-state index contributed by atoms with van der Waals surface area (Å²) < 4.78 is 10.6. The molecule has 7 heteroatoms. The molecule has 0 saturated carbocycles. The van der Waals surface area contributed by atoms with Crippen molar-refractivity contribution in [2.24, 2.45) is 0 Å². The molecule has 1 aromatic heterocycles. The van der Waals surface area contributed by atoms with Crippen LogP contribution in [0.1, 0.15) is 40.3 Å². The molecular weight excluding hydrogens is 356 g/mol. The molecule has 0 N–H and O–H groups in total. The van der Waals surface area contributed by atoms with Crippen molar-refractivity contribution in [1.82, 2.24) is 14.9 Å². The van der Waals surface area contributed by atoms with Crippen LogP contribution in [0.4, 0.5) is 5.82 Å². The van der Waals surface area contributed by atoms with Gasteiger partial charge in [0.15, 0.2) is 0 Å². The molecule has 0 atom stereocenters. The average molecular weight is 382 g/mol. The Balaban J connectivity index is 1.64. The fourth-order valence-corrected chi connectivity index (χ4v) is 3.99. The first-order valence-electron chi connectivity index (χ1n) is 9.72. The Kier molecular flexibility index (Phi) is 5.07. The number of hydrogen-bond donors (Lipinski definition) is 0. The summed E-state index contributed by atoms with van der Waals surface area (Å²) in [5, 5.41) is 0. The standard InChI is InChI=1S/C21H26N4O3/c1-14-22-19-6-9-25(13-18(19)20(23-14)24-7-4-5-8-24)21(26)15-10-16(27-2)12-17(11-15)28-3/h10-12H,4-9,13H2,1-3H3. The maximum absolute atomic E-state index is 13.2. The molecule has 1 aromatic carbocycles. The largest absolute Gasteiger partial charge is 0.497 e. The van der Waals surface area contributed by atoms with Crippen LogP contribution in [0.25, 0.3) is 0 Å². The van der Waals surface area contributed by atoms with Crippen molar-refractivity contribution in [2.75, 3.05) is 38.8 Å². The lowest BCUT2D eigenvalue weighted by atomic mass is 10.0. The molecule has 2 aliphatic heterocycles. The number of carbonyl (C=O) groups excluding carboxylic acids is 1. The van der Waals surface area contributed by atoms with Crippen LogP contribution in [-0.2, 0) is 13.0 Å². The van der Waals surface area contributed by atoms with E-state index in [1.807, 2.05) is 11.8 Å². The van der Waals surface area contributed by atoms with E-state index in [1.165, 1.54) is 12.8 Å². The minimum Gasteiger partial charge on any atom is -0.497 e. The normalized spacial score (nSPS) is 16.1. The number of methoxy groups -OCH3 is 2. The van der Waals surface area contributed by atoms with Crippen LogP contribution in [0.15, 0.2) is 18.2 Å². The highest BCUT2D eigenvalue weighted by molar-refractivity contribution is 5.95. The Morgan fingerprint density at radius 2 is 1.68 bits per heavy atom. The van der Waals surface area contributed by atoms with Crippen molar-refractivity contribution in [3.63, 3.8) is 0 Å². The highest BCUT2D eigenvalue weighted by Crippen LogP contribution is 2.30. The fraction of sp³-hybridized carbons (Fsp3) is 0.476. The number of anilines is 1. The van der Waals surface area contributed by atoms with Crippen molar-refractivity contribution in [2.45, 2.75) is 32.7 Å². The molecule has 0 spiro atoms. The van der Waals surface area contributed by atoms with Gasteiger partial charge in [0.25, 0.3) is 5.91 Å². The summed E-state index contributed by atoms with van der Waals surface area (Å²) in [4.78, 5) is 26.8. The SMILES string of the molecule is COc1cc(OC)cc(C(=O)N2CCc3nc(C)nc(N4CCCC4)c3C2)c1. The van der Waals surface area contributed by atoms with Gasteiger partial charge in [-0.2, -0.15) is 0 Å². The lowest BCUT2D eigenvalue weighted by molar-refractivity contribution is 0.0733. The summed E-state index contributed by atoms with van der Waals surface area (Å²) >= 11 is 0. The Hall–Kier alpha value is -2.83. The number of carbonyl (C=O) groups is 1. The lowest BCUT2D eigenvalue weighted by Crippen LogP contribution is -2.38. The third-order valence-electron chi connectivity index (χ3n) is 5.44. The molecule has 3 heterocycles. The van der Waals surface area contributed by atoms with E-state index < -0.39 is 0 Å². The van der Waals surface area contributed by atoms with E-state index in [1.54, 1.807) is 32.4 Å². The number of nitrogens with zero attached hydrogens (tertiary/aromatic N) is 4. The van der Waals surface area contributed by atoms with E-state index in [4.69, 9.17) is 14.5 Å². The van der Waals surface area contributed by atoms with Crippen LogP contribution in [0.2, 0.25) is 0 Å². The van der Waals surface area contributed by atoms with Gasteiger partial charge in [0.05, 0.1) is 26.5 Å².